The van der Waals surface area contributed by atoms with Crippen LogP contribution in [-0.2, 0) is 0 Å². The van der Waals surface area contributed by atoms with Gasteiger partial charge in [0.15, 0.2) is 0 Å². The molecule has 0 radical (unpaired) electrons. The molecule has 0 amide bonds. The van der Waals surface area contributed by atoms with Crippen LogP contribution < -0.4 is 10.6 Å². The fourth-order valence-corrected chi connectivity index (χ4v) is 5.11. The van der Waals surface area contributed by atoms with Crippen molar-refractivity contribution in [2.45, 2.75) is 12.5 Å². The van der Waals surface area contributed by atoms with Crippen molar-refractivity contribution in [1.82, 2.24) is 14.6 Å². The van der Waals surface area contributed by atoms with Crippen LogP contribution in [0.3, 0.4) is 0 Å². The summed E-state index contributed by atoms with van der Waals surface area (Å²) in [6.07, 6.45) is 3.95. The summed E-state index contributed by atoms with van der Waals surface area (Å²) in [6, 6.07) is 36.7. The maximum atomic E-state index is 13.0. The van der Waals surface area contributed by atoms with Crippen molar-refractivity contribution in [2.75, 3.05) is 5.01 Å². The predicted octanol–water partition coefficient (Wildman–Crippen LogP) is 6.12. The van der Waals surface area contributed by atoms with Crippen molar-refractivity contribution >= 4 is 39.5 Å². The third-order valence-corrected chi connectivity index (χ3v) is 7.09. The first-order valence-electron chi connectivity index (χ1n) is 12.8. The smallest absolute Gasteiger partial charge is 0.298 e. The Morgan fingerprint density at radius 2 is 1.56 bits per heavy atom. The van der Waals surface area contributed by atoms with E-state index in [0.29, 0.717) is 11.0 Å². The second-order valence-corrected chi connectivity index (χ2v) is 9.51. The quantitative estimate of drug-likeness (QED) is 0.285. The largest absolute Gasteiger partial charge is 0.349 e. The van der Waals surface area contributed by atoms with Gasteiger partial charge in [-0.15, -0.1) is 0 Å². The molecular formula is C32H24N6O. The van der Waals surface area contributed by atoms with Crippen molar-refractivity contribution in [1.29, 1.82) is 0 Å². The van der Waals surface area contributed by atoms with Crippen molar-refractivity contribution < 1.29 is 0 Å². The molecule has 0 saturated heterocycles. The molecule has 6 aromatic rings. The molecule has 0 fully saturated rings. The van der Waals surface area contributed by atoms with Crippen LogP contribution in [0.25, 0.3) is 21.9 Å². The number of aromatic nitrogens is 3. The van der Waals surface area contributed by atoms with E-state index in [1.807, 2.05) is 72.8 Å². The molecule has 3 heterocycles. The van der Waals surface area contributed by atoms with Crippen LogP contribution in [0.5, 0.6) is 0 Å². The van der Waals surface area contributed by atoms with Crippen LogP contribution >= 0.6 is 0 Å². The topological polar surface area (TPSA) is 78.6 Å². The highest BCUT2D eigenvalue weighted by atomic mass is 16.1. The van der Waals surface area contributed by atoms with E-state index in [9.17, 15) is 4.79 Å². The average molecular weight is 509 g/mol. The van der Waals surface area contributed by atoms with Crippen LogP contribution in [0.4, 0.5) is 5.69 Å². The summed E-state index contributed by atoms with van der Waals surface area (Å²) in [5, 5.41) is 12.4. The van der Waals surface area contributed by atoms with Crippen molar-refractivity contribution in [3.63, 3.8) is 0 Å². The van der Waals surface area contributed by atoms with Gasteiger partial charge in [0.05, 0.1) is 23.7 Å². The second kappa shape index (κ2) is 9.54. The van der Waals surface area contributed by atoms with Gasteiger partial charge in [-0.25, -0.2) is 4.98 Å². The first-order valence-corrected chi connectivity index (χ1v) is 12.8. The van der Waals surface area contributed by atoms with Crippen LogP contribution in [0.15, 0.2) is 131 Å². The molecule has 1 N–H and O–H groups in total. The van der Waals surface area contributed by atoms with E-state index in [2.05, 4.69) is 56.5 Å². The number of anilines is 1. The number of aromatic amines is 1. The van der Waals surface area contributed by atoms with Crippen LogP contribution in [0.2, 0.25) is 0 Å². The molecular weight excluding hydrogens is 484 g/mol. The minimum atomic E-state index is -0.241. The molecule has 7 nitrogen and oxygen atoms in total. The molecule has 2 aromatic heterocycles. The number of benzene rings is 4. The monoisotopic (exact) mass is 508 g/mol. The van der Waals surface area contributed by atoms with Gasteiger partial charge in [-0.3, -0.25) is 9.80 Å². The van der Waals surface area contributed by atoms with Crippen LogP contribution in [0.1, 0.15) is 29.2 Å². The van der Waals surface area contributed by atoms with Gasteiger partial charge in [-0.05, 0) is 34.9 Å². The lowest BCUT2D eigenvalue weighted by Gasteiger charge is -2.24. The number of hydrogen-bond acceptors (Lipinski definition) is 5. The van der Waals surface area contributed by atoms with Crippen LogP contribution in [-0.4, -0.2) is 26.6 Å². The second-order valence-electron chi connectivity index (χ2n) is 9.51. The lowest BCUT2D eigenvalue weighted by Crippen LogP contribution is -2.18. The summed E-state index contributed by atoms with van der Waals surface area (Å²) in [5.41, 5.74) is 7.01. The molecule has 0 aliphatic carbocycles. The molecule has 0 saturated carbocycles. The number of rotatable bonds is 5. The number of hydrogen-bond donors (Lipinski definition) is 1. The minimum absolute atomic E-state index is 0.105. The van der Waals surface area contributed by atoms with Crippen molar-refractivity contribution in [3.05, 3.63) is 143 Å². The zero-order chi connectivity index (χ0) is 26.2. The van der Waals surface area contributed by atoms with Gasteiger partial charge in [-0.2, -0.15) is 14.9 Å². The fourth-order valence-electron chi connectivity index (χ4n) is 5.11. The highest BCUT2D eigenvalue weighted by molar-refractivity contribution is 6.04. The van der Waals surface area contributed by atoms with Gasteiger partial charge >= 0.3 is 0 Å². The van der Waals surface area contributed by atoms with Gasteiger partial charge in [-0.1, -0.05) is 91.0 Å². The summed E-state index contributed by atoms with van der Waals surface area (Å²) in [5.74, 6) is 0. The van der Waals surface area contributed by atoms with Crippen molar-refractivity contribution in [2.24, 2.45) is 10.2 Å². The molecule has 0 bridgehead atoms. The van der Waals surface area contributed by atoms with Gasteiger partial charge < -0.3 is 4.98 Å². The number of hydrazone groups is 1. The van der Waals surface area contributed by atoms with Gasteiger partial charge in [0.2, 0.25) is 0 Å². The Bertz CT molecular complexity index is 1900. The van der Waals surface area contributed by atoms with E-state index >= 15 is 0 Å². The molecule has 4 aromatic carbocycles. The molecule has 7 heteroatoms. The predicted molar refractivity (Wildman–Crippen MR) is 157 cm³/mol. The fraction of sp³-hybridized carbons (Fsp3) is 0.0625. The van der Waals surface area contributed by atoms with E-state index in [1.54, 1.807) is 6.21 Å². The molecule has 1 atom stereocenters. The Morgan fingerprint density at radius 1 is 0.846 bits per heavy atom. The highest BCUT2D eigenvalue weighted by Crippen LogP contribution is 2.36. The SMILES string of the molecule is O=c1c2[nH]c3ccccc3c2ncn1/N=C\c1ccc(N2N=C(c3ccccc3)C[C@@H]2c2ccccc2)cc1. The Morgan fingerprint density at radius 3 is 2.36 bits per heavy atom. The van der Waals surface area contributed by atoms with E-state index in [1.165, 1.54) is 16.6 Å². The summed E-state index contributed by atoms with van der Waals surface area (Å²) < 4.78 is 1.26. The number of nitrogens with one attached hydrogen (secondary N) is 1. The maximum Gasteiger partial charge on any atom is 0.298 e. The molecule has 0 unspecified atom stereocenters. The summed E-state index contributed by atoms with van der Waals surface area (Å²) in [7, 11) is 0. The average Bonchev–Trinajstić information content (AvgIpc) is 3.61. The highest BCUT2D eigenvalue weighted by Gasteiger charge is 2.29. The molecule has 7 rings (SSSR count). The van der Waals surface area contributed by atoms with Crippen molar-refractivity contribution in [3.8, 4) is 0 Å². The summed E-state index contributed by atoms with van der Waals surface area (Å²) in [4.78, 5) is 20.7. The number of H-pyrrole nitrogens is 1. The molecule has 1 aliphatic heterocycles. The standard InChI is InChI=1S/C32H24N6O/c39-32-31-30(26-13-7-8-14-27(26)35-31)33-21-37(32)34-20-22-15-17-25(18-16-22)38-29(24-11-5-2-6-12-24)19-28(36-38)23-9-3-1-4-10-23/h1-18,20-21,29,35H,19H2/b34-20-/t29-/m1/s1. The first kappa shape index (κ1) is 22.9. The maximum absolute atomic E-state index is 13.0. The van der Waals surface area contributed by atoms with Gasteiger partial charge in [0.1, 0.15) is 17.4 Å². The molecule has 39 heavy (non-hydrogen) atoms. The van der Waals surface area contributed by atoms with Gasteiger partial charge in [0, 0.05) is 17.3 Å². The lowest BCUT2D eigenvalue weighted by atomic mass is 9.98. The number of fused-ring (bicyclic) bond motifs is 3. The lowest BCUT2D eigenvalue weighted by molar-refractivity contribution is 0.709. The van der Waals surface area contributed by atoms with E-state index < -0.39 is 0 Å². The number of para-hydroxylation sites is 1. The Balaban J connectivity index is 1.18. The normalized spacial score (nSPS) is 15.4. The number of nitrogens with zero attached hydrogens (tertiary/aromatic N) is 5. The van der Waals surface area contributed by atoms with E-state index in [-0.39, 0.29) is 11.6 Å². The van der Waals surface area contributed by atoms with Gasteiger partial charge in [0.25, 0.3) is 5.56 Å². The third-order valence-electron chi connectivity index (χ3n) is 7.09. The molecule has 0 spiro atoms. The zero-order valence-electron chi connectivity index (χ0n) is 21.0. The third kappa shape index (κ3) is 4.20. The minimum Gasteiger partial charge on any atom is -0.349 e. The molecule has 188 valence electrons. The summed E-state index contributed by atoms with van der Waals surface area (Å²) in [6.45, 7) is 0. The zero-order valence-corrected chi connectivity index (χ0v) is 21.0. The Kier molecular flexibility index (Phi) is 5.59. The molecule has 1 aliphatic rings. The van der Waals surface area contributed by atoms with Crippen LogP contribution in [0, 0.1) is 0 Å². The van der Waals surface area contributed by atoms with E-state index in [4.69, 9.17) is 5.10 Å². The van der Waals surface area contributed by atoms with E-state index in [0.717, 1.165) is 39.8 Å². The summed E-state index contributed by atoms with van der Waals surface area (Å²) >= 11 is 0. The Hall–Kier alpha value is -5.30. The Labute approximate surface area is 224 Å². The first-order chi connectivity index (χ1) is 19.2.